The van der Waals surface area contributed by atoms with Crippen molar-refractivity contribution < 1.29 is 4.39 Å². The van der Waals surface area contributed by atoms with Crippen molar-refractivity contribution in [1.82, 2.24) is 4.98 Å². The maximum absolute atomic E-state index is 12.7. The lowest BCUT2D eigenvalue weighted by molar-refractivity contribution is 0.594. The predicted octanol–water partition coefficient (Wildman–Crippen LogP) is 2.71. The van der Waals surface area contributed by atoms with Crippen LogP contribution < -0.4 is 0 Å². The Labute approximate surface area is 71.2 Å². The first-order chi connectivity index (χ1) is 4.74. The summed E-state index contributed by atoms with van der Waals surface area (Å²) in [7, 11) is 0. The zero-order valence-corrected chi connectivity index (χ0v) is 7.67. The molecule has 1 rings (SSSR count). The highest BCUT2D eigenvalue weighted by Crippen LogP contribution is 2.20. The summed E-state index contributed by atoms with van der Waals surface area (Å²) >= 11 is 4.51. The van der Waals surface area contributed by atoms with Gasteiger partial charge in [-0.05, 0) is 28.3 Å². The topological polar surface area (TPSA) is 12.9 Å². The molecule has 1 aromatic rings. The fourth-order valence-corrected chi connectivity index (χ4v) is 1.51. The second kappa shape index (κ2) is 3.34. The number of hydrogen-bond donors (Lipinski definition) is 0. The van der Waals surface area contributed by atoms with Crippen LogP contribution in [0, 0.1) is 5.82 Å². The Morgan fingerprint density at radius 1 is 1.70 bits per heavy atom. The van der Waals surface area contributed by atoms with Crippen molar-refractivity contribution in [3.63, 3.8) is 0 Å². The van der Waals surface area contributed by atoms with E-state index in [1.807, 2.05) is 6.26 Å². The molecule has 1 aromatic heterocycles. The number of thioether (sulfide) groups is 1. The van der Waals surface area contributed by atoms with E-state index < -0.39 is 0 Å². The van der Waals surface area contributed by atoms with Crippen molar-refractivity contribution in [1.29, 1.82) is 0 Å². The molecule has 0 fully saturated rings. The Kier molecular flexibility index (Phi) is 2.68. The fraction of sp³-hybridized carbons (Fsp3) is 0.167. The van der Waals surface area contributed by atoms with Gasteiger partial charge in [-0.1, -0.05) is 0 Å². The average molecular weight is 222 g/mol. The van der Waals surface area contributed by atoms with Gasteiger partial charge in [-0.2, -0.15) is 0 Å². The standard InChI is InChI=1S/C6H5BrFNS/c1-10-5-2-6(7)9-3-4(5)8/h2-3H,1H3. The van der Waals surface area contributed by atoms with Crippen LogP contribution in [-0.4, -0.2) is 11.2 Å². The Balaban J connectivity index is 3.09. The van der Waals surface area contributed by atoms with E-state index in [-0.39, 0.29) is 5.82 Å². The fourth-order valence-electron chi connectivity index (χ4n) is 0.553. The molecule has 0 saturated carbocycles. The first-order valence-electron chi connectivity index (χ1n) is 2.59. The molecule has 0 aliphatic heterocycles. The highest BCUT2D eigenvalue weighted by molar-refractivity contribution is 9.10. The van der Waals surface area contributed by atoms with Crippen molar-refractivity contribution in [3.05, 3.63) is 22.7 Å². The molecule has 0 radical (unpaired) electrons. The highest BCUT2D eigenvalue weighted by atomic mass is 79.9. The number of aromatic nitrogens is 1. The van der Waals surface area contributed by atoms with E-state index in [2.05, 4.69) is 20.9 Å². The summed E-state index contributed by atoms with van der Waals surface area (Å²) in [6.07, 6.45) is 3.03. The van der Waals surface area contributed by atoms with E-state index in [1.54, 1.807) is 6.07 Å². The van der Waals surface area contributed by atoms with Crippen LogP contribution in [0.3, 0.4) is 0 Å². The number of pyridine rings is 1. The van der Waals surface area contributed by atoms with E-state index in [1.165, 1.54) is 18.0 Å². The van der Waals surface area contributed by atoms with Gasteiger partial charge in [0.25, 0.3) is 0 Å². The lowest BCUT2D eigenvalue weighted by Gasteiger charge is -1.96. The smallest absolute Gasteiger partial charge is 0.155 e. The zero-order valence-electron chi connectivity index (χ0n) is 5.27. The third-order valence-corrected chi connectivity index (χ3v) is 2.19. The first-order valence-corrected chi connectivity index (χ1v) is 4.61. The van der Waals surface area contributed by atoms with Crippen LogP contribution in [0.4, 0.5) is 4.39 Å². The van der Waals surface area contributed by atoms with E-state index >= 15 is 0 Å². The molecule has 54 valence electrons. The predicted molar refractivity (Wildman–Crippen MR) is 43.7 cm³/mol. The number of nitrogens with zero attached hydrogens (tertiary/aromatic N) is 1. The second-order valence-electron chi connectivity index (χ2n) is 1.64. The summed E-state index contributed by atoms with van der Waals surface area (Å²) in [5.41, 5.74) is 0. The SMILES string of the molecule is CSc1cc(Br)ncc1F. The second-order valence-corrected chi connectivity index (χ2v) is 3.30. The largest absolute Gasteiger partial charge is 0.246 e. The summed E-state index contributed by atoms with van der Waals surface area (Å²) in [4.78, 5) is 4.33. The molecule has 4 heteroatoms. The molecule has 0 aliphatic carbocycles. The van der Waals surface area contributed by atoms with Crippen molar-refractivity contribution in [3.8, 4) is 0 Å². The number of hydrogen-bond acceptors (Lipinski definition) is 2. The Morgan fingerprint density at radius 2 is 2.40 bits per heavy atom. The molecule has 0 atom stereocenters. The van der Waals surface area contributed by atoms with E-state index in [0.717, 1.165) is 0 Å². The quantitative estimate of drug-likeness (QED) is 0.535. The van der Waals surface area contributed by atoms with Gasteiger partial charge < -0.3 is 0 Å². The first kappa shape index (κ1) is 8.01. The van der Waals surface area contributed by atoms with Gasteiger partial charge in [-0.25, -0.2) is 9.37 Å². The van der Waals surface area contributed by atoms with Crippen molar-refractivity contribution in [2.45, 2.75) is 4.90 Å². The van der Waals surface area contributed by atoms with Crippen LogP contribution in [0.2, 0.25) is 0 Å². The van der Waals surface area contributed by atoms with Gasteiger partial charge in [0.1, 0.15) is 4.60 Å². The van der Waals surface area contributed by atoms with Gasteiger partial charge in [0.05, 0.1) is 6.20 Å². The lowest BCUT2D eigenvalue weighted by Crippen LogP contribution is -1.82. The molecule has 0 aliphatic rings. The molecule has 0 aromatic carbocycles. The minimum absolute atomic E-state index is 0.268. The molecular weight excluding hydrogens is 217 g/mol. The van der Waals surface area contributed by atoms with Gasteiger partial charge in [0.15, 0.2) is 5.82 Å². The van der Waals surface area contributed by atoms with Crippen molar-refractivity contribution in [2.24, 2.45) is 0 Å². The molecule has 0 unspecified atom stereocenters. The summed E-state index contributed by atoms with van der Waals surface area (Å²) in [5.74, 6) is -0.268. The van der Waals surface area contributed by atoms with Gasteiger partial charge in [-0.15, -0.1) is 11.8 Å². The van der Waals surface area contributed by atoms with Crippen LogP contribution in [-0.2, 0) is 0 Å². The molecule has 0 spiro atoms. The van der Waals surface area contributed by atoms with Crippen LogP contribution in [0.5, 0.6) is 0 Å². The van der Waals surface area contributed by atoms with Crippen LogP contribution in [0.15, 0.2) is 21.8 Å². The van der Waals surface area contributed by atoms with Gasteiger partial charge in [0.2, 0.25) is 0 Å². The third kappa shape index (κ3) is 1.70. The molecule has 0 bridgehead atoms. The maximum Gasteiger partial charge on any atom is 0.155 e. The molecule has 0 saturated heterocycles. The Morgan fingerprint density at radius 3 is 2.90 bits per heavy atom. The summed E-state index contributed by atoms with van der Waals surface area (Å²) < 4.78 is 13.3. The van der Waals surface area contributed by atoms with Crippen LogP contribution in [0.25, 0.3) is 0 Å². The minimum Gasteiger partial charge on any atom is -0.246 e. The molecular formula is C6H5BrFNS. The van der Waals surface area contributed by atoms with E-state index in [0.29, 0.717) is 9.50 Å². The number of rotatable bonds is 1. The molecule has 1 heterocycles. The van der Waals surface area contributed by atoms with Crippen molar-refractivity contribution in [2.75, 3.05) is 6.26 Å². The van der Waals surface area contributed by atoms with Gasteiger partial charge in [0, 0.05) is 4.90 Å². The Bertz CT molecular complexity index is 241. The summed E-state index contributed by atoms with van der Waals surface area (Å²) in [6.45, 7) is 0. The molecule has 0 amide bonds. The molecule has 0 N–H and O–H groups in total. The van der Waals surface area contributed by atoms with Gasteiger partial charge in [-0.3, -0.25) is 0 Å². The number of halogens is 2. The monoisotopic (exact) mass is 221 g/mol. The summed E-state index contributed by atoms with van der Waals surface area (Å²) in [6, 6.07) is 1.65. The average Bonchev–Trinajstić information content (AvgIpc) is 1.94. The molecule has 1 nitrogen and oxygen atoms in total. The van der Waals surface area contributed by atoms with Crippen LogP contribution >= 0.6 is 27.7 Å². The normalized spacial score (nSPS) is 9.90. The Hall–Kier alpha value is -0.0900. The maximum atomic E-state index is 12.7. The summed E-state index contributed by atoms with van der Waals surface area (Å²) in [5, 5.41) is 0. The third-order valence-electron chi connectivity index (χ3n) is 1.01. The van der Waals surface area contributed by atoms with E-state index in [4.69, 9.17) is 0 Å². The van der Waals surface area contributed by atoms with Gasteiger partial charge >= 0.3 is 0 Å². The van der Waals surface area contributed by atoms with Crippen LogP contribution in [0.1, 0.15) is 0 Å². The zero-order chi connectivity index (χ0) is 7.56. The molecule has 10 heavy (non-hydrogen) atoms. The highest BCUT2D eigenvalue weighted by Gasteiger charge is 2.00. The van der Waals surface area contributed by atoms with Crippen molar-refractivity contribution >= 4 is 27.7 Å². The lowest BCUT2D eigenvalue weighted by atomic mass is 10.5. The van der Waals surface area contributed by atoms with E-state index in [9.17, 15) is 4.39 Å². The minimum atomic E-state index is -0.268.